The summed E-state index contributed by atoms with van der Waals surface area (Å²) in [6, 6.07) is 4.57. The maximum absolute atomic E-state index is 12.6. The molecule has 21 heavy (non-hydrogen) atoms. The average Bonchev–Trinajstić information content (AvgIpc) is 2.81. The SMILES string of the molecule is Cc1nccn1CCC(=O)Nc1cccc(C(F)(F)F)c1. The lowest BCUT2D eigenvalue weighted by atomic mass is 10.2. The van der Waals surface area contributed by atoms with Gasteiger partial charge in [-0.15, -0.1) is 0 Å². The van der Waals surface area contributed by atoms with Crippen LogP contribution in [0.15, 0.2) is 36.7 Å². The first-order chi connectivity index (χ1) is 9.86. The lowest BCUT2D eigenvalue weighted by molar-refractivity contribution is -0.137. The third kappa shape index (κ3) is 4.08. The number of halogens is 3. The summed E-state index contributed by atoms with van der Waals surface area (Å²) in [7, 11) is 0. The number of alkyl halides is 3. The summed E-state index contributed by atoms with van der Waals surface area (Å²) in [6.07, 6.45) is -0.894. The molecule has 1 N–H and O–H groups in total. The van der Waals surface area contributed by atoms with Crippen molar-refractivity contribution in [3.63, 3.8) is 0 Å². The molecule has 0 atom stereocenters. The van der Waals surface area contributed by atoms with Crippen LogP contribution in [0.4, 0.5) is 18.9 Å². The summed E-state index contributed by atoms with van der Waals surface area (Å²) >= 11 is 0. The molecule has 0 spiro atoms. The van der Waals surface area contributed by atoms with Crippen LogP contribution in [0.3, 0.4) is 0 Å². The second-order valence-electron chi connectivity index (χ2n) is 4.54. The van der Waals surface area contributed by atoms with Crippen molar-refractivity contribution in [1.29, 1.82) is 0 Å². The molecular weight excluding hydrogens is 283 g/mol. The molecule has 4 nitrogen and oxygen atoms in total. The number of aromatic nitrogens is 2. The van der Waals surface area contributed by atoms with Crippen molar-refractivity contribution in [1.82, 2.24) is 9.55 Å². The fourth-order valence-corrected chi connectivity index (χ4v) is 1.86. The number of anilines is 1. The number of amides is 1. The van der Waals surface area contributed by atoms with Crippen LogP contribution in [-0.4, -0.2) is 15.5 Å². The van der Waals surface area contributed by atoms with Crippen LogP contribution < -0.4 is 5.32 Å². The van der Waals surface area contributed by atoms with Gasteiger partial charge in [0.2, 0.25) is 5.91 Å². The van der Waals surface area contributed by atoms with Gasteiger partial charge in [0.05, 0.1) is 5.56 Å². The number of carbonyl (C=O) groups excluding carboxylic acids is 1. The summed E-state index contributed by atoms with van der Waals surface area (Å²) in [5, 5.41) is 2.46. The number of hydrogen-bond acceptors (Lipinski definition) is 2. The molecule has 2 aromatic rings. The molecule has 0 aliphatic carbocycles. The van der Waals surface area contributed by atoms with Crippen LogP contribution >= 0.6 is 0 Å². The number of nitrogens with zero attached hydrogens (tertiary/aromatic N) is 2. The number of carbonyl (C=O) groups is 1. The van der Waals surface area contributed by atoms with Gasteiger partial charge in [0.1, 0.15) is 5.82 Å². The van der Waals surface area contributed by atoms with E-state index in [1.54, 1.807) is 17.0 Å². The summed E-state index contributed by atoms with van der Waals surface area (Å²) in [5.41, 5.74) is -0.650. The highest BCUT2D eigenvalue weighted by molar-refractivity contribution is 5.90. The average molecular weight is 297 g/mol. The fourth-order valence-electron chi connectivity index (χ4n) is 1.86. The zero-order valence-electron chi connectivity index (χ0n) is 11.3. The molecule has 0 fully saturated rings. The molecule has 0 bridgehead atoms. The van der Waals surface area contributed by atoms with Gasteiger partial charge in [-0.1, -0.05) is 6.07 Å². The molecule has 1 aromatic heterocycles. The summed E-state index contributed by atoms with van der Waals surface area (Å²) in [6.45, 7) is 2.24. The highest BCUT2D eigenvalue weighted by atomic mass is 19.4. The lowest BCUT2D eigenvalue weighted by Crippen LogP contribution is -2.15. The molecular formula is C14H14F3N3O. The molecule has 0 aliphatic rings. The smallest absolute Gasteiger partial charge is 0.335 e. The van der Waals surface area contributed by atoms with Crippen LogP contribution in [-0.2, 0) is 17.5 Å². The van der Waals surface area contributed by atoms with E-state index in [9.17, 15) is 18.0 Å². The third-order valence-electron chi connectivity index (χ3n) is 2.98. The van der Waals surface area contributed by atoms with Crippen LogP contribution in [0.5, 0.6) is 0 Å². The molecule has 1 aromatic carbocycles. The second-order valence-corrected chi connectivity index (χ2v) is 4.54. The summed E-state index contributed by atoms with van der Waals surface area (Å²) in [4.78, 5) is 15.8. The second kappa shape index (κ2) is 5.99. The van der Waals surface area contributed by atoms with Gasteiger partial charge in [0, 0.05) is 31.0 Å². The maximum atomic E-state index is 12.6. The minimum atomic E-state index is -4.42. The van der Waals surface area contributed by atoms with Crippen LogP contribution in [0.1, 0.15) is 17.8 Å². The molecule has 1 amide bonds. The van der Waals surface area contributed by atoms with Crippen molar-refractivity contribution in [2.45, 2.75) is 26.1 Å². The highest BCUT2D eigenvalue weighted by Gasteiger charge is 2.30. The van der Waals surface area contributed by atoms with E-state index in [2.05, 4.69) is 10.3 Å². The van der Waals surface area contributed by atoms with Gasteiger partial charge in [-0.2, -0.15) is 13.2 Å². The Kier molecular flexibility index (Phi) is 4.30. The Morgan fingerprint density at radius 2 is 2.14 bits per heavy atom. The van der Waals surface area contributed by atoms with Gasteiger partial charge < -0.3 is 9.88 Å². The Morgan fingerprint density at radius 1 is 1.38 bits per heavy atom. The Morgan fingerprint density at radius 3 is 2.76 bits per heavy atom. The molecule has 0 radical (unpaired) electrons. The molecule has 0 saturated carbocycles. The van der Waals surface area contributed by atoms with Crippen molar-refractivity contribution in [2.75, 3.05) is 5.32 Å². The third-order valence-corrected chi connectivity index (χ3v) is 2.98. The van der Waals surface area contributed by atoms with E-state index in [4.69, 9.17) is 0 Å². The quantitative estimate of drug-likeness (QED) is 0.941. The van der Waals surface area contributed by atoms with Crippen molar-refractivity contribution in [3.8, 4) is 0 Å². The molecule has 0 aliphatic heterocycles. The molecule has 112 valence electrons. The minimum absolute atomic E-state index is 0.136. The van der Waals surface area contributed by atoms with Crippen LogP contribution in [0.25, 0.3) is 0 Å². The van der Waals surface area contributed by atoms with E-state index in [0.29, 0.717) is 6.54 Å². The molecule has 0 unspecified atom stereocenters. The largest absolute Gasteiger partial charge is 0.416 e. The monoisotopic (exact) mass is 297 g/mol. The van der Waals surface area contributed by atoms with Gasteiger partial charge >= 0.3 is 6.18 Å². The highest BCUT2D eigenvalue weighted by Crippen LogP contribution is 2.30. The normalized spacial score (nSPS) is 11.4. The molecule has 1 heterocycles. The number of hydrogen-bond donors (Lipinski definition) is 1. The van der Waals surface area contributed by atoms with Crippen molar-refractivity contribution >= 4 is 11.6 Å². The first-order valence-corrected chi connectivity index (χ1v) is 6.31. The van der Waals surface area contributed by atoms with E-state index in [-0.39, 0.29) is 18.0 Å². The molecule has 2 rings (SSSR count). The summed E-state index contributed by atoms with van der Waals surface area (Å²) < 4.78 is 39.5. The van der Waals surface area contributed by atoms with E-state index >= 15 is 0 Å². The number of imidazole rings is 1. The Labute approximate surface area is 119 Å². The van der Waals surface area contributed by atoms with E-state index in [1.165, 1.54) is 12.1 Å². The number of benzene rings is 1. The number of aryl methyl sites for hydroxylation is 2. The van der Waals surface area contributed by atoms with Gasteiger partial charge in [-0.05, 0) is 25.1 Å². The van der Waals surface area contributed by atoms with Crippen molar-refractivity contribution in [2.24, 2.45) is 0 Å². The maximum Gasteiger partial charge on any atom is 0.416 e. The van der Waals surface area contributed by atoms with Gasteiger partial charge in [-0.3, -0.25) is 4.79 Å². The Bertz CT molecular complexity index is 634. The van der Waals surface area contributed by atoms with E-state index < -0.39 is 11.7 Å². The molecule has 0 saturated heterocycles. The fraction of sp³-hybridized carbons (Fsp3) is 0.286. The van der Waals surface area contributed by atoms with Gasteiger partial charge in [0.25, 0.3) is 0 Å². The van der Waals surface area contributed by atoms with Crippen molar-refractivity contribution < 1.29 is 18.0 Å². The first kappa shape index (κ1) is 15.1. The number of rotatable bonds is 4. The first-order valence-electron chi connectivity index (χ1n) is 6.31. The van der Waals surface area contributed by atoms with Gasteiger partial charge in [0.15, 0.2) is 0 Å². The molecule has 7 heteroatoms. The predicted molar refractivity (Wildman–Crippen MR) is 71.7 cm³/mol. The summed E-state index contributed by atoms with van der Waals surface area (Å²) in [5.74, 6) is 0.435. The zero-order chi connectivity index (χ0) is 15.5. The topological polar surface area (TPSA) is 46.9 Å². The zero-order valence-corrected chi connectivity index (χ0v) is 11.3. The van der Waals surface area contributed by atoms with E-state index in [1.807, 2.05) is 6.92 Å². The van der Waals surface area contributed by atoms with Crippen molar-refractivity contribution in [3.05, 3.63) is 48.0 Å². The lowest BCUT2D eigenvalue weighted by Gasteiger charge is -2.10. The number of nitrogens with one attached hydrogen (secondary N) is 1. The van der Waals surface area contributed by atoms with E-state index in [0.717, 1.165) is 18.0 Å². The Hall–Kier alpha value is -2.31. The van der Waals surface area contributed by atoms with Crippen LogP contribution in [0, 0.1) is 6.92 Å². The van der Waals surface area contributed by atoms with Crippen LogP contribution in [0.2, 0.25) is 0 Å². The van der Waals surface area contributed by atoms with Gasteiger partial charge in [-0.25, -0.2) is 4.98 Å². The predicted octanol–water partition coefficient (Wildman–Crippen LogP) is 3.24. The minimum Gasteiger partial charge on any atom is -0.335 e. The Balaban J connectivity index is 1.95. The standard InChI is InChI=1S/C14H14F3N3O/c1-10-18-6-8-20(10)7-5-13(21)19-12-4-2-3-11(9-12)14(15,16)17/h2-4,6,8-9H,5,7H2,1H3,(H,19,21).